The summed E-state index contributed by atoms with van der Waals surface area (Å²) >= 11 is 1.76. The zero-order chi connectivity index (χ0) is 26.0. The largest absolute Gasteiger partial charge is 0.493 e. The molecule has 1 N–H and O–H groups in total. The summed E-state index contributed by atoms with van der Waals surface area (Å²) in [6.45, 7) is 10.8. The first-order chi connectivity index (χ1) is 18.4. The Kier molecular flexibility index (Phi) is 5.71. The number of aromatic nitrogens is 6. The second-order valence-electron chi connectivity index (χ2n) is 11.3. The Bertz CT molecular complexity index is 1470. The van der Waals surface area contributed by atoms with Gasteiger partial charge in [-0.15, -0.1) is 0 Å². The Labute approximate surface area is 226 Å². The van der Waals surface area contributed by atoms with Crippen molar-refractivity contribution in [2.75, 3.05) is 38.3 Å². The number of anilines is 1. The molecule has 200 valence electrons. The second-order valence-corrected chi connectivity index (χ2v) is 12.3. The zero-order valence-electron chi connectivity index (χ0n) is 22.3. The number of piperazine rings is 1. The van der Waals surface area contributed by atoms with E-state index in [1.165, 1.54) is 17.7 Å². The summed E-state index contributed by atoms with van der Waals surface area (Å²) in [4.78, 5) is 14.6. The van der Waals surface area contributed by atoms with Gasteiger partial charge in [-0.25, -0.2) is 14.5 Å². The van der Waals surface area contributed by atoms with Crippen molar-refractivity contribution in [1.82, 2.24) is 34.7 Å². The lowest BCUT2D eigenvalue weighted by Crippen LogP contribution is -2.57. The standard InChI is InChI=1S/C27H34N8O2S/c1-16(2)22-23(17-9-20(36-4)25-29-15-30-35(25)12-17)31-32-24(22)26-28-11-21(38-26)33-14-27(3)10-19(33)13-34(27)18-5-7-37-8-6-18/h9,11-12,15-16,18-19H,5-8,10,13-14H2,1-4H3,(H,31,32)/t19-,27-/m0/s1. The Morgan fingerprint density at radius 3 is 2.79 bits per heavy atom. The van der Waals surface area contributed by atoms with Crippen LogP contribution in [0.4, 0.5) is 5.00 Å². The minimum Gasteiger partial charge on any atom is -0.493 e. The van der Waals surface area contributed by atoms with Gasteiger partial charge in [0, 0.05) is 61.2 Å². The van der Waals surface area contributed by atoms with Gasteiger partial charge in [0.1, 0.15) is 16.3 Å². The maximum absolute atomic E-state index is 5.63. The van der Waals surface area contributed by atoms with Gasteiger partial charge in [0.15, 0.2) is 11.4 Å². The van der Waals surface area contributed by atoms with Gasteiger partial charge in [-0.3, -0.25) is 10.00 Å². The van der Waals surface area contributed by atoms with Crippen LogP contribution in [-0.2, 0) is 4.74 Å². The minimum absolute atomic E-state index is 0.222. The molecule has 10 nitrogen and oxygen atoms in total. The molecule has 7 rings (SSSR count). The van der Waals surface area contributed by atoms with Crippen molar-refractivity contribution in [1.29, 1.82) is 0 Å². The molecule has 3 saturated heterocycles. The molecule has 0 aromatic carbocycles. The van der Waals surface area contributed by atoms with Crippen molar-refractivity contribution in [3.05, 3.63) is 30.4 Å². The Morgan fingerprint density at radius 1 is 1.21 bits per heavy atom. The molecule has 3 fully saturated rings. The maximum atomic E-state index is 5.63. The van der Waals surface area contributed by atoms with Gasteiger partial charge in [0.05, 0.1) is 24.7 Å². The maximum Gasteiger partial charge on any atom is 0.197 e. The number of hydrogen-bond donors (Lipinski definition) is 1. The van der Waals surface area contributed by atoms with E-state index in [9.17, 15) is 0 Å². The molecule has 4 aromatic rings. The highest BCUT2D eigenvalue weighted by atomic mass is 32.1. The van der Waals surface area contributed by atoms with Crippen LogP contribution in [0, 0.1) is 0 Å². The van der Waals surface area contributed by atoms with E-state index in [-0.39, 0.29) is 11.5 Å². The number of rotatable bonds is 6. The third-order valence-electron chi connectivity index (χ3n) is 8.57. The molecule has 4 aromatic heterocycles. The predicted molar refractivity (Wildman–Crippen MR) is 147 cm³/mol. The van der Waals surface area contributed by atoms with Crippen LogP contribution < -0.4 is 9.64 Å². The molecular weight excluding hydrogens is 500 g/mol. The van der Waals surface area contributed by atoms with Crippen LogP contribution in [0.2, 0.25) is 0 Å². The summed E-state index contributed by atoms with van der Waals surface area (Å²) in [6, 6.07) is 3.18. The zero-order valence-corrected chi connectivity index (χ0v) is 23.2. The lowest BCUT2D eigenvalue weighted by atomic mass is 9.97. The van der Waals surface area contributed by atoms with Crippen molar-refractivity contribution in [3.63, 3.8) is 0 Å². The number of pyridine rings is 1. The lowest BCUT2D eigenvalue weighted by Gasteiger charge is -2.45. The van der Waals surface area contributed by atoms with Gasteiger partial charge in [0.2, 0.25) is 0 Å². The van der Waals surface area contributed by atoms with E-state index >= 15 is 0 Å². The second kappa shape index (κ2) is 9.03. The van der Waals surface area contributed by atoms with Gasteiger partial charge in [-0.1, -0.05) is 25.2 Å². The Morgan fingerprint density at radius 2 is 2.05 bits per heavy atom. The number of methoxy groups -OCH3 is 1. The number of hydrogen-bond acceptors (Lipinski definition) is 9. The fourth-order valence-corrected chi connectivity index (χ4v) is 7.82. The highest BCUT2D eigenvalue weighted by Gasteiger charge is 2.54. The van der Waals surface area contributed by atoms with Crippen LogP contribution in [0.25, 0.3) is 27.6 Å². The van der Waals surface area contributed by atoms with Crippen LogP contribution in [0.5, 0.6) is 5.75 Å². The van der Waals surface area contributed by atoms with Crippen LogP contribution in [-0.4, -0.2) is 85.7 Å². The smallest absolute Gasteiger partial charge is 0.197 e. The third kappa shape index (κ3) is 3.74. The SMILES string of the molecule is COc1cc(-c2n[nH]c(-c3ncc(N4C[C@]5(C)C[C@H]4CN5C4CCOCC4)s3)c2C(C)C)cn2ncnc12. The molecule has 0 radical (unpaired) electrons. The molecule has 2 bridgehead atoms. The van der Waals surface area contributed by atoms with Crippen molar-refractivity contribution < 1.29 is 9.47 Å². The molecule has 7 heterocycles. The molecule has 38 heavy (non-hydrogen) atoms. The third-order valence-corrected chi connectivity index (χ3v) is 9.62. The number of nitrogens with zero attached hydrogens (tertiary/aromatic N) is 7. The van der Waals surface area contributed by atoms with E-state index in [0.717, 1.165) is 66.7 Å². The summed E-state index contributed by atoms with van der Waals surface area (Å²) in [6.07, 6.45) is 9.07. The molecule has 3 aliphatic heterocycles. The van der Waals surface area contributed by atoms with E-state index < -0.39 is 0 Å². The Balaban J connectivity index is 1.18. The molecule has 0 unspecified atom stereocenters. The van der Waals surface area contributed by atoms with Gasteiger partial charge in [-0.2, -0.15) is 10.2 Å². The number of aromatic amines is 1. The van der Waals surface area contributed by atoms with Gasteiger partial charge in [0.25, 0.3) is 0 Å². The molecule has 3 aliphatic rings. The lowest BCUT2D eigenvalue weighted by molar-refractivity contribution is 0.00480. The van der Waals surface area contributed by atoms with Crippen LogP contribution in [0.15, 0.2) is 24.8 Å². The van der Waals surface area contributed by atoms with Crippen molar-refractivity contribution in [2.24, 2.45) is 0 Å². The van der Waals surface area contributed by atoms with E-state index in [1.807, 2.05) is 12.3 Å². The number of nitrogens with one attached hydrogen (secondary N) is 1. The number of ether oxygens (including phenoxy) is 2. The van der Waals surface area contributed by atoms with Crippen molar-refractivity contribution in [2.45, 2.75) is 63.6 Å². The highest BCUT2D eigenvalue weighted by molar-refractivity contribution is 7.18. The van der Waals surface area contributed by atoms with Crippen LogP contribution in [0.3, 0.4) is 0 Å². The molecule has 0 amide bonds. The Hall–Kier alpha value is -3.02. The van der Waals surface area contributed by atoms with Gasteiger partial charge in [-0.05, 0) is 38.2 Å². The van der Waals surface area contributed by atoms with E-state index in [0.29, 0.717) is 23.5 Å². The summed E-state index contributed by atoms with van der Waals surface area (Å²) in [7, 11) is 1.65. The van der Waals surface area contributed by atoms with Crippen molar-refractivity contribution >= 4 is 22.0 Å². The number of fused-ring (bicyclic) bond motifs is 3. The average Bonchev–Trinajstić information content (AvgIpc) is 3.73. The van der Waals surface area contributed by atoms with E-state index in [4.69, 9.17) is 19.6 Å². The molecule has 11 heteroatoms. The predicted octanol–water partition coefficient (Wildman–Crippen LogP) is 4.21. The first-order valence-corrected chi connectivity index (χ1v) is 14.3. The topological polar surface area (TPSA) is 96.7 Å². The van der Waals surface area contributed by atoms with E-state index in [2.05, 4.69) is 51.9 Å². The van der Waals surface area contributed by atoms with Gasteiger partial charge >= 0.3 is 0 Å². The summed E-state index contributed by atoms with van der Waals surface area (Å²) in [5.74, 6) is 0.918. The molecule has 2 atom stereocenters. The monoisotopic (exact) mass is 534 g/mol. The summed E-state index contributed by atoms with van der Waals surface area (Å²) in [5.41, 5.74) is 4.87. The molecule has 0 aliphatic carbocycles. The van der Waals surface area contributed by atoms with Crippen LogP contribution in [0.1, 0.15) is 51.5 Å². The first-order valence-electron chi connectivity index (χ1n) is 13.5. The van der Waals surface area contributed by atoms with Crippen molar-refractivity contribution in [3.8, 4) is 27.7 Å². The minimum atomic E-state index is 0.222. The number of H-pyrrole nitrogens is 1. The normalized spacial score (nSPS) is 24.3. The number of likely N-dealkylation sites (tertiary alicyclic amines) is 1. The van der Waals surface area contributed by atoms with Crippen LogP contribution >= 0.6 is 11.3 Å². The van der Waals surface area contributed by atoms with Gasteiger partial charge < -0.3 is 14.4 Å². The quantitative estimate of drug-likeness (QED) is 0.393. The summed E-state index contributed by atoms with van der Waals surface area (Å²) in [5, 5.41) is 14.6. The average molecular weight is 535 g/mol. The fraction of sp³-hybridized carbons (Fsp3) is 0.556. The molecule has 0 saturated carbocycles. The number of thiazole rings is 1. The molecule has 0 spiro atoms. The van der Waals surface area contributed by atoms with E-state index in [1.54, 1.807) is 23.0 Å². The summed E-state index contributed by atoms with van der Waals surface area (Å²) < 4.78 is 13.0. The first kappa shape index (κ1) is 24.1. The fourth-order valence-electron chi connectivity index (χ4n) is 6.83. The molecular formula is C27H34N8O2S. The highest BCUT2D eigenvalue weighted by Crippen LogP contribution is 2.47.